The Labute approximate surface area is 316 Å². The second-order valence-corrected chi connectivity index (χ2v) is 14.7. The number of hydrazone groups is 1. The first-order valence-corrected chi connectivity index (χ1v) is 17.6. The van der Waals surface area contributed by atoms with Gasteiger partial charge in [0.05, 0.1) is 23.7 Å². The minimum atomic E-state index is -1.99. The highest BCUT2D eigenvalue weighted by atomic mass is 35.5. The number of hydrogen-bond donors (Lipinski definition) is 8. The Hall–Kier alpha value is -5.88. The van der Waals surface area contributed by atoms with E-state index in [0.717, 1.165) is 45.3 Å². The molecule has 0 spiro atoms. The maximum Gasteiger partial charge on any atom is 0.350 e. The van der Waals surface area contributed by atoms with Gasteiger partial charge in [-0.15, -0.1) is 11.3 Å². The van der Waals surface area contributed by atoms with E-state index in [1.165, 1.54) is 30.2 Å². The lowest BCUT2D eigenvalue weighted by Gasteiger charge is -2.41. The van der Waals surface area contributed by atoms with E-state index >= 15 is 0 Å². The van der Waals surface area contributed by atoms with Crippen LogP contribution >= 0.6 is 34.7 Å². The van der Waals surface area contributed by atoms with Crippen LogP contribution in [-0.4, -0.2) is 148 Å². The predicted molar refractivity (Wildman–Crippen MR) is 189 cm³/mol. The van der Waals surface area contributed by atoms with Crippen LogP contribution in [0.2, 0.25) is 5.02 Å². The minimum Gasteiger partial charge on any atom is -0.504 e. The number of β-lactam (4-membered cyclic amide) rings is 1. The largest absolute Gasteiger partial charge is 0.504 e. The Morgan fingerprint density at radius 1 is 1.15 bits per heavy atom. The van der Waals surface area contributed by atoms with Crippen molar-refractivity contribution >= 4 is 93.4 Å². The van der Waals surface area contributed by atoms with Crippen LogP contribution in [0.15, 0.2) is 27.8 Å². The van der Waals surface area contributed by atoms with Crippen LogP contribution in [-0.2, 0) is 28.8 Å². The third-order valence-electron chi connectivity index (χ3n) is 8.11. The zero-order valence-electron chi connectivity index (χ0n) is 28.0. The van der Waals surface area contributed by atoms with Gasteiger partial charge in [0.1, 0.15) is 23.3 Å². The van der Waals surface area contributed by atoms with Crippen LogP contribution in [0, 0.1) is 0 Å². The number of amides is 6. The molecular formula is C29H31ClN10O12S2. The van der Waals surface area contributed by atoms with Gasteiger partial charge in [0.25, 0.3) is 17.7 Å². The molecule has 9 N–H and O–H groups in total. The molecule has 3 fully saturated rings. The predicted octanol–water partition coefficient (Wildman–Crippen LogP) is -1.18. The molecule has 54 heavy (non-hydrogen) atoms. The Morgan fingerprint density at radius 2 is 1.85 bits per heavy atom. The number of urea groups is 1. The van der Waals surface area contributed by atoms with Crippen molar-refractivity contribution in [2.45, 2.75) is 35.7 Å². The number of fused-ring (bicyclic) bond motifs is 1. The molecule has 1 aromatic heterocycles. The lowest BCUT2D eigenvalue weighted by Crippen LogP contribution is -2.68. The lowest BCUT2D eigenvalue weighted by atomic mass is 10.1. The Kier molecular flexibility index (Phi) is 11.1. The number of anilines is 1. The molecule has 3 saturated heterocycles. The SMILES string of the molecule is CC(C)(O/N=C(\C(=O)N[C@@H]1C(=O)N2C[C@@](C(=O)O)(N3CCN(/N=C/C(=O)NCCNC(=O)c4ccc(O)c(O)c4Cl)C3=O)S[C@H]12)c1csc(N)n1)C(=O)O. The van der Waals surface area contributed by atoms with Crippen molar-refractivity contribution in [3.05, 3.63) is 33.8 Å². The Bertz CT molecular complexity index is 1990. The summed E-state index contributed by atoms with van der Waals surface area (Å²) in [7, 11) is 0. The molecule has 6 amide bonds. The van der Waals surface area contributed by atoms with E-state index in [0.29, 0.717) is 0 Å². The molecule has 5 rings (SSSR count). The van der Waals surface area contributed by atoms with Gasteiger partial charge in [-0.25, -0.2) is 24.4 Å². The summed E-state index contributed by atoms with van der Waals surface area (Å²) < 4.78 is 0. The molecule has 3 atom stereocenters. The molecule has 4 heterocycles. The molecule has 22 nitrogen and oxygen atoms in total. The maximum absolute atomic E-state index is 13.4. The van der Waals surface area contributed by atoms with Crippen molar-refractivity contribution in [2.75, 3.05) is 38.5 Å². The molecule has 3 aliphatic heterocycles. The Morgan fingerprint density at radius 3 is 2.50 bits per heavy atom. The quantitative estimate of drug-likeness (QED) is 0.0366. The van der Waals surface area contributed by atoms with E-state index in [4.69, 9.17) is 22.2 Å². The summed E-state index contributed by atoms with van der Waals surface area (Å²) in [5.41, 5.74) is 3.16. The highest BCUT2D eigenvalue weighted by Crippen LogP contribution is 2.49. The second-order valence-electron chi connectivity index (χ2n) is 12.1. The number of carbonyl (C=O) groups is 7. The number of phenolic OH excluding ortho intramolecular Hbond substituents is 2. The third-order valence-corrected chi connectivity index (χ3v) is 10.8. The highest BCUT2D eigenvalue weighted by Gasteiger charge is 2.66. The van der Waals surface area contributed by atoms with Gasteiger partial charge in [0, 0.05) is 25.0 Å². The number of aromatic nitrogens is 1. The number of oxime groups is 1. The van der Waals surface area contributed by atoms with Crippen molar-refractivity contribution in [1.29, 1.82) is 0 Å². The number of aliphatic carboxylic acids is 2. The van der Waals surface area contributed by atoms with Crippen molar-refractivity contribution in [1.82, 2.24) is 35.7 Å². The van der Waals surface area contributed by atoms with E-state index in [9.17, 15) is 54.0 Å². The molecular weight excluding hydrogens is 780 g/mol. The maximum atomic E-state index is 13.4. The number of phenols is 2. The van der Waals surface area contributed by atoms with Crippen LogP contribution in [0.1, 0.15) is 29.9 Å². The lowest BCUT2D eigenvalue weighted by molar-refractivity contribution is -0.161. The van der Waals surface area contributed by atoms with E-state index in [2.05, 4.69) is 31.2 Å². The number of benzene rings is 1. The van der Waals surface area contributed by atoms with Crippen molar-refractivity contribution in [3.8, 4) is 11.5 Å². The Balaban J connectivity index is 1.18. The summed E-state index contributed by atoms with van der Waals surface area (Å²) in [6.45, 7) is 1.52. The zero-order chi connectivity index (χ0) is 39.7. The number of nitrogen functional groups attached to an aromatic ring is 1. The second kappa shape index (κ2) is 15.2. The first kappa shape index (κ1) is 39.3. The molecule has 0 aliphatic carbocycles. The van der Waals surface area contributed by atoms with E-state index in [-0.39, 0.29) is 47.6 Å². The summed E-state index contributed by atoms with van der Waals surface area (Å²) >= 11 is 7.56. The molecule has 0 saturated carbocycles. The summed E-state index contributed by atoms with van der Waals surface area (Å²) in [5, 5.41) is 54.7. The fourth-order valence-electron chi connectivity index (χ4n) is 5.14. The van der Waals surface area contributed by atoms with Crippen LogP contribution in [0.5, 0.6) is 11.5 Å². The normalized spacial score (nSPS) is 21.2. The number of nitrogens with two attached hydrogens (primary N) is 1. The number of thiazole rings is 1. The minimum absolute atomic E-state index is 0.0585. The molecule has 25 heteroatoms. The number of carbonyl (C=O) groups excluding carboxylic acids is 5. The molecule has 288 valence electrons. The first-order valence-electron chi connectivity index (χ1n) is 15.5. The number of nitrogens with one attached hydrogen (secondary N) is 3. The number of rotatable bonds is 14. The average molecular weight is 811 g/mol. The van der Waals surface area contributed by atoms with E-state index < -0.39 is 87.2 Å². The third kappa shape index (κ3) is 7.60. The molecule has 0 radical (unpaired) electrons. The van der Waals surface area contributed by atoms with Crippen LogP contribution in [0.25, 0.3) is 0 Å². The average Bonchev–Trinajstić information content (AvgIpc) is 3.82. The highest BCUT2D eigenvalue weighted by molar-refractivity contribution is 8.02. The van der Waals surface area contributed by atoms with E-state index in [1.807, 2.05) is 0 Å². The van der Waals surface area contributed by atoms with Gasteiger partial charge in [-0.2, -0.15) is 5.10 Å². The fraction of sp³-hybridized carbons (Fsp3) is 0.379. The molecule has 1 aromatic carbocycles. The number of thioether (sulfide) groups is 1. The van der Waals surface area contributed by atoms with Crippen LogP contribution in [0.4, 0.5) is 9.93 Å². The number of nitrogens with zero attached hydrogens (tertiary/aromatic N) is 6. The molecule has 0 unspecified atom stereocenters. The van der Waals surface area contributed by atoms with Gasteiger partial charge in [0.2, 0.25) is 16.4 Å². The topological polar surface area (TPSA) is 319 Å². The smallest absolute Gasteiger partial charge is 0.350 e. The number of hydrogen-bond acceptors (Lipinski definition) is 16. The van der Waals surface area contributed by atoms with Crippen molar-refractivity contribution in [3.63, 3.8) is 0 Å². The van der Waals surface area contributed by atoms with Gasteiger partial charge < -0.3 is 51.8 Å². The van der Waals surface area contributed by atoms with Crippen LogP contribution in [0.3, 0.4) is 0 Å². The van der Waals surface area contributed by atoms with Crippen molar-refractivity contribution in [2.24, 2.45) is 10.3 Å². The molecule has 0 bridgehead atoms. The number of carboxylic acid groups (broad SMARTS) is 2. The monoisotopic (exact) mass is 810 g/mol. The summed E-state index contributed by atoms with van der Waals surface area (Å²) in [5.74, 6) is -7.11. The molecule has 3 aliphatic rings. The molecule has 2 aromatic rings. The number of aromatic hydroxyl groups is 2. The van der Waals surface area contributed by atoms with Gasteiger partial charge in [-0.1, -0.05) is 28.5 Å². The fourth-order valence-corrected chi connectivity index (χ4v) is 7.57. The first-order chi connectivity index (χ1) is 25.4. The van der Waals surface area contributed by atoms with Crippen LogP contribution < -0.4 is 21.7 Å². The van der Waals surface area contributed by atoms with Crippen molar-refractivity contribution < 1.29 is 58.8 Å². The van der Waals surface area contributed by atoms with Gasteiger partial charge in [-0.05, 0) is 26.0 Å². The number of carboxylic acids is 2. The van der Waals surface area contributed by atoms with Gasteiger partial charge >= 0.3 is 18.0 Å². The zero-order valence-corrected chi connectivity index (χ0v) is 30.4. The van der Waals surface area contributed by atoms with Gasteiger partial charge in [0.15, 0.2) is 22.3 Å². The summed E-state index contributed by atoms with van der Waals surface area (Å²) in [6.07, 6.45) is 0.784. The summed E-state index contributed by atoms with van der Waals surface area (Å²) in [4.78, 5) is 98.0. The van der Waals surface area contributed by atoms with E-state index in [1.54, 1.807) is 0 Å². The standard InChI is InChI=1S/C29H31ClN10O12S2/c1-28(2,24(47)48)52-37-17(13-10-53-26(31)35-13)21(45)36-18-22(46)38-11-29(25(49)50,54-23(18)38)39-7-8-40(27(39)51)34-9-15(42)32-5-6-33-20(44)12-3-4-14(41)19(43)16(12)30/h3-4,9-10,18,23,41,43H,5-8,11H2,1-2H3,(H2,31,35)(H,32,42)(H,33,44)(H,36,45)(H,47,48)(H,49,50)/b34-9+,37-17-/t18-,23-,29-/m1/s1. The summed E-state index contributed by atoms with van der Waals surface area (Å²) in [6, 6.07) is 0.126. The van der Waals surface area contributed by atoms with Gasteiger partial charge in [-0.3, -0.25) is 24.1 Å². The number of halogens is 1.